The van der Waals surface area contributed by atoms with E-state index in [0.717, 1.165) is 0 Å². The molecule has 4 heteroatoms. The van der Waals surface area contributed by atoms with E-state index in [1.54, 1.807) is 5.67 Å². The second-order valence-electron chi connectivity index (χ2n) is 3.41. The maximum absolute atomic E-state index is 2.66. The zero-order valence-corrected chi connectivity index (χ0v) is 12.7. The van der Waals surface area contributed by atoms with Crippen LogP contribution in [0.15, 0.2) is 0 Å². The Bertz CT molecular complexity index is 91.8. The molecule has 0 spiro atoms. The molecule has 0 saturated heterocycles. The Hall–Kier alpha value is 0.354. The van der Waals surface area contributed by atoms with E-state index in [1.165, 1.54) is 26.2 Å². The third-order valence-electron chi connectivity index (χ3n) is 2.74. The summed E-state index contributed by atoms with van der Waals surface area (Å²) in [7, 11) is 0.234. The summed E-state index contributed by atoms with van der Waals surface area (Å²) >= 11 is 0. The lowest BCUT2D eigenvalue weighted by Crippen LogP contribution is -2.33. The Kier molecular flexibility index (Phi) is 9.17. The van der Waals surface area contributed by atoms with Crippen LogP contribution in [0, 0.1) is 0 Å². The van der Waals surface area contributed by atoms with Gasteiger partial charge in [-0.3, -0.25) is 0 Å². The zero-order chi connectivity index (χ0) is 10.1. The van der Waals surface area contributed by atoms with Crippen molar-refractivity contribution in [2.24, 2.45) is 0 Å². The van der Waals surface area contributed by atoms with Gasteiger partial charge < -0.3 is 9.13 Å². The van der Waals surface area contributed by atoms with Crippen LogP contribution in [0.5, 0.6) is 0 Å². The number of hydrogen-bond acceptors (Lipinski definition) is 2. The van der Waals surface area contributed by atoms with E-state index < -0.39 is 0 Å². The van der Waals surface area contributed by atoms with Gasteiger partial charge in [0.25, 0.3) is 0 Å². The van der Waals surface area contributed by atoms with Crippen molar-refractivity contribution in [2.45, 2.75) is 33.4 Å². The average Bonchev–Trinajstić information content (AvgIpc) is 2.19. The van der Waals surface area contributed by atoms with Gasteiger partial charge in [-0.1, -0.05) is 27.7 Å². The van der Waals surface area contributed by atoms with Crippen molar-refractivity contribution in [3.05, 3.63) is 0 Å². The fraction of sp³-hybridized carbons (Fsp3) is 1.00. The van der Waals surface area contributed by atoms with E-state index >= 15 is 0 Å². The molecule has 0 fully saturated rings. The molecule has 80 valence electrons. The van der Waals surface area contributed by atoms with Gasteiger partial charge in [0.1, 0.15) is 0 Å². The van der Waals surface area contributed by atoms with Gasteiger partial charge in [-0.25, -0.2) is 0 Å². The van der Waals surface area contributed by atoms with E-state index in [2.05, 4.69) is 36.8 Å². The van der Waals surface area contributed by atoms with Crippen LogP contribution >= 0.6 is 0 Å². The molecule has 0 aliphatic heterocycles. The Labute approximate surface area is 88.5 Å². The summed E-state index contributed by atoms with van der Waals surface area (Å²) in [6.45, 7) is 14.2. The predicted octanol–water partition coefficient (Wildman–Crippen LogP) is 0.213. The van der Waals surface area contributed by atoms with Crippen LogP contribution in [0.2, 0.25) is 5.67 Å². The molecule has 0 aliphatic rings. The van der Waals surface area contributed by atoms with Gasteiger partial charge in [0.05, 0.1) is 19.4 Å². The van der Waals surface area contributed by atoms with Gasteiger partial charge in [0.15, 0.2) is 0 Å². The maximum Gasteiger partial charge on any atom is 0.0931 e. The predicted molar refractivity (Wildman–Crippen MR) is 67.7 cm³/mol. The molecule has 0 aromatic heterocycles. The molecule has 0 saturated carbocycles. The van der Waals surface area contributed by atoms with Crippen molar-refractivity contribution >= 4 is 19.4 Å². The van der Waals surface area contributed by atoms with Crippen LogP contribution in [0.3, 0.4) is 0 Å². The molecular weight excluding hydrogens is 192 g/mol. The van der Waals surface area contributed by atoms with Crippen molar-refractivity contribution in [3.8, 4) is 0 Å². The zero-order valence-electron chi connectivity index (χ0n) is 9.84. The summed E-state index contributed by atoms with van der Waals surface area (Å²) in [4.78, 5) is 0. The molecule has 0 unspecified atom stereocenters. The van der Waals surface area contributed by atoms with Crippen molar-refractivity contribution in [3.63, 3.8) is 0 Å². The van der Waals surface area contributed by atoms with E-state index in [1.807, 2.05) is 0 Å². The molecule has 0 N–H and O–H groups in total. The minimum absolute atomic E-state index is 0.117. The van der Waals surface area contributed by atoms with Crippen molar-refractivity contribution in [1.29, 1.82) is 0 Å². The van der Waals surface area contributed by atoms with Gasteiger partial charge in [0.2, 0.25) is 0 Å². The highest BCUT2D eigenvalue weighted by molar-refractivity contribution is 6.52. The Balaban J connectivity index is 3.41. The first kappa shape index (κ1) is 13.4. The van der Waals surface area contributed by atoms with E-state index in [4.69, 9.17) is 0 Å². The van der Waals surface area contributed by atoms with Gasteiger partial charge in [-0.05, 0) is 31.8 Å². The molecule has 0 amide bonds. The Morgan fingerprint density at radius 3 is 1.23 bits per heavy atom. The fourth-order valence-corrected chi connectivity index (χ4v) is 7.01. The number of nitrogens with zero attached hydrogens (tertiary/aromatic N) is 2. The molecule has 0 aromatic carbocycles. The first-order valence-electron chi connectivity index (χ1n) is 5.73. The van der Waals surface area contributed by atoms with Crippen LogP contribution in [0.25, 0.3) is 0 Å². The first-order valence-corrected chi connectivity index (χ1v) is 8.99. The minimum Gasteiger partial charge on any atom is -0.330 e. The van der Waals surface area contributed by atoms with Gasteiger partial charge >= 0.3 is 0 Å². The first-order chi connectivity index (χ1) is 6.28. The lowest BCUT2D eigenvalue weighted by atomic mass is 10.7. The molecule has 0 atom stereocenters. The molecule has 13 heavy (non-hydrogen) atoms. The summed E-state index contributed by atoms with van der Waals surface area (Å²) in [6, 6.07) is 0. The normalized spacial score (nSPS) is 13.4. The standard InChI is InChI=1S/C9H26N2Si2/c1-5-10(6-2)12-9-13-11(7-3)8-4/h5-9,12-13H2,1-4H3. The van der Waals surface area contributed by atoms with Crippen molar-refractivity contribution in [2.75, 3.05) is 26.2 Å². The largest absolute Gasteiger partial charge is 0.330 e. The molecule has 0 bridgehead atoms. The van der Waals surface area contributed by atoms with Gasteiger partial charge in [-0.15, -0.1) is 0 Å². The van der Waals surface area contributed by atoms with E-state index in [-0.39, 0.29) is 19.4 Å². The third kappa shape index (κ3) is 6.43. The Morgan fingerprint density at radius 2 is 1.00 bits per heavy atom. The maximum atomic E-state index is 2.66. The topological polar surface area (TPSA) is 6.48 Å². The second-order valence-corrected chi connectivity index (χ2v) is 8.92. The van der Waals surface area contributed by atoms with Gasteiger partial charge in [0, 0.05) is 0 Å². The van der Waals surface area contributed by atoms with Gasteiger partial charge in [-0.2, -0.15) is 0 Å². The second kappa shape index (κ2) is 8.93. The van der Waals surface area contributed by atoms with E-state index in [9.17, 15) is 0 Å². The molecule has 0 radical (unpaired) electrons. The quantitative estimate of drug-likeness (QED) is 0.538. The molecular formula is C9H26N2Si2. The number of rotatable bonds is 8. The molecule has 0 rings (SSSR count). The molecule has 0 heterocycles. The molecule has 0 aromatic rings. The summed E-state index contributed by atoms with van der Waals surface area (Å²) in [5, 5.41) is 0. The lowest BCUT2D eigenvalue weighted by molar-refractivity contribution is 0.484. The monoisotopic (exact) mass is 218 g/mol. The summed E-state index contributed by atoms with van der Waals surface area (Å²) in [5.41, 5.74) is 1.59. The summed E-state index contributed by atoms with van der Waals surface area (Å²) in [5.74, 6) is 0. The third-order valence-corrected chi connectivity index (χ3v) is 8.32. The highest BCUT2D eigenvalue weighted by Crippen LogP contribution is 1.91. The highest BCUT2D eigenvalue weighted by atomic mass is 28.3. The lowest BCUT2D eigenvalue weighted by Gasteiger charge is -2.21. The average molecular weight is 218 g/mol. The van der Waals surface area contributed by atoms with Crippen LogP contribution in [0.1, 0.15) is 27.7 Å². The van der Waals surface area contributed by atoms with Crippen molar-refractivity contribution < 1.29 is 0 Å². The Morgan fingerprint density at radius 1 is 0.692 bits per heavy atom. The molecule has 0 aliphatic carbocycles. The minimum atomic E-state index is 0.117. The van der Waals surface area contributed by atoms with E-state index in [0.29, 0.717) is 0 Å². The van der Waals surface area contributed by atoms with Crippen LogP contribution in [-0.2, 0) is 0 Å². The van der Waals surface area contributed by atoms with Crippen LogP contribution in [-0.4, -0.2) is 54.7 Å². The van der Waals surface area contributed by atoms with Crippen LogP contribution < -0.4 is 0 Å². The highest BCUT2D eigenvalue weighted by Gasteiger charge is 2.02. The van der Waals surface area contributed by atoms with Crippen LogP contribution in [0.4, 0.5) is 0 Å². The smallest absolute Gasteiger partial charge is 0.0931 e. The number of hydrogen-bond donors (Lipinski definition) is 0. The summed E-state index contributed by atoms with van der Waals surface area (Å²) < 4.78 is 5.33. The summed E-state index contributed by atoms with van der Waals surface area (Å²) in [6.07, 6.45) is 0. The fourth-order valence-electron chi connectivity index (χ4n) is 1.60. The van der Waals surface area contributed by atoms with Crippen molar-refractivity contribution in [1.82, 2.24) is 9.13 Å². The SMILES string of the molecule is CCN(CC)[SiH2]C[SiH2]N(CC)CC. The molecule has 2 nitrogen and oxygen atoms in total.